The Morgan fingerprint density at radius 3 is 2.40 bits per heavy atom. The minimum Gasteiger partial charge on any atom is -1.00 e. The summed E-state index contributed by atoms with van der Waals surface area (Å²) in [5.74, 6) is -0.675. The van der Waals surface area contributed by atoms with E-state index in [4.69, 9.17) is 5.11 Å². The van der Waals surface area contributed by atoms with E-state index in [1.54, 1.807) is 0 Å². The number of hydrogen-bond acceptors (Lipinski definition) is 1. The minimum absolute atomic E-state index is 0. The van der Waals surface area contributed by atoms with Gasteiger partial charge in [-0.3, -0.25) is 4.79 Å². The van der Waals surface area contributed by atoms with Gasteiger partial charge < -0.3 is 7.96 Å². The number of aliphatic carboxylic acids is 1. The smallest absolute Gasteiger partial charge is 1.00 e. The quantitative estimate of drug-likeness (QED) is 0.567. The van der Waals surface area contributed by atoms with Gasteiger partial charge in [-0.15, -0.1) is 0 Å². The average Bonchev–Trinajstić information content (AvgIpc) is 1.80. The molecule has 1 N–H and O–H groups in total. The van der Waals surface area contributed by atoms with Crippen LogP contribution >= 0.6 is 0 Å². The molecule has 0 fully saturated rings. The van der Waals surface area contributed by atoms with Crippen molar-refractivity contribution in [2.75, 3.05) is 0 Å². The van der Waals surface area contributed by atoms with Gasteiger partial charge in [-0.2, -0.15) is 0 Å². The summed E-state index contributed by atoms with van der Waals surface area (Å²) in [6, 6.07) is 0. The molecule has 3 heteroatoms. The molecule has 0 aliphatic rings. The van der Waals surface area contributed by atoms with E-state index in [1.165, 1.54) is 6.42 Å². The fourth-order valence-corrected chi connectivity index (χ4v) is 0.703. The Bertz CT molecular complexity index is 91.5. The number of rotatable bonds is 5. The molecule has 0 saturated carbocycles. The average molecular weight is 220 g/mol. The predicted molar refractivity (Wildman–Crippen MR) is 44.4 cm³/mol. The first-order chi connectivity index (χ1) is 4.27. The van der Waals surface area contributed by atoms with Crippen molar-refractivity contribution >= 4 is 51.5 Å². The van der Waals surface area contributed by atoms with E-state index in [-0.39, 0.29) is 48.3 Å². The molecule has 0 heterocycles. The van der Waals surface area contributed by atoms with Crippen molar-refractivity contribution in [3.05, 3.63) is 0 Å². The van der Waals surface area contributed by atoms with E-state index in [0.717, 1.165) is 19.3 Å². The first kappa shape index (κ1) is 13.5. The molecule has 0 bridgehead atoms. The Labute approximate surface area is 102 Å². The fourth-order valence-electron chi connectivity index (χ4n) is 0.703. The van der Waals surface area contributed by atoms with Crippen LogP contribution in [0, 0.1) is 0 Å². The first-order valence-electron chi connectivity index (χ1n) is 3.49. The third kappa shape index (κ3) is 11.7. The Hall–Kier alpha value is 0.951. The number of hydrogen-bond donors (Lipinski definition) is 1. The zero-order valence-corrected chi connectivity index (χ0v) is 10.1. The molecule has 2 nitrogen and oxygen atoms in total. The molecule has 0 amide bonds. The second-order valence-corrected chi connectivity index (χ2v) is 2.20. The topological polar surface area (TPSA) is 37.3 Å². The van der Waals surface area contributed by atoms with Crippen molar-refractivity contribution in [2.24, 2.45) is 0 Å². The molecule has 0 unspecified atom stereocenters. The third-order valence-electron chi connectivity index (χ3n) is 1.24. The minimum atomic E-state index is -0.675. The van der Waals surface area contributed by atoms with Crippen LogP contribution < -0.4 is 0 Å². The Morgan fingerprint density at radius 1 is 1.40 bits per heavy atom. The molecule has 0 aromatic rings. The standard InChI is InChI=1S/C7H14O2.Sr.2H/c1-2-3-4-5-6-7(8)9;;;/h2-6H2,1H3,(H,8,9);;;/q;+2;2*-1. The normalized spacial score (nSPS) is 8.50. The molecular formula is C7H16O2Sr. The van der Waals surface area contributed by atoms with Crippen LogP contribution in [0.3, 0.4) is 0 Å². The number of carbonyl (C=O) groups is 1. The first-order valence-corrected chi connectivity index (χ1v) is 3.49. The predicted octanol–water partition coefficient (Wildman–Crippen LogP) is 1.89. The van der Waals surface area contributed by atoms with E-state index in [0.29, 0.717) is 6.42 Å². The number of carboxylic acids is 1. The molecule has 0 aliphatic carbocycles. The maximum Gasteiger partial charge on any atom is 2.00 e. The van der Waals surface area contributed by atoms with Crippen LogP contribution in [0.25, 0.3) is 0 Å². The maximum atomic E-state index is 9.96. The van der Waals surface area contributed by atoms with Gasteiger partial charge in [0.2, 0.25) is 0 Å². The van der Waals surface area contributed by atoms with Gasteiger partial charge in [0, 0.05) is 6.42 Å². The maximum absolute atomic E-state index is 9.96. The molecular weight excluding hydrogens is 204 g/mol. The fraction of sp³-hybridized carbons (Fsp3) is 0.857. The second kappa shape index (κ2) is 9.95. The third-order valence-corrected chi connectivity index (χ3v) is 1.24. The van der Waals surface area contributed by atoms with Crippen LogP contribution in [0.1, 0.15) is 41.9 Å². The van der Waals surface area contributed by atoms with Gasteiger partial charge in [0.15, 0.2) is 0 Å². The van der Waals surface area contributed by atoms with Crippen molar-refractivity contribution < 1.29 is 12.8 Å². The van der Waals surface area contributed by atoms with Crippen molar-refractivity contribution in [2.45, 2.75) is 39.0 Å². The van der Waals surface area contributed by atoms with Crippen LogP contribution in [0.4, 0.5) is 0 Å². The molecule has 0 spiro atoms. The largest absolute Gasteiger partial charge is 2.00 e. The number of unbranched alkanes of at least 4 members (excludes halogenated alkanes) is 3. The van der Waals surface area contributed by atoms with Gasteiger partial charge in [-0.1, -0.05) is 26.2 Å². The molecule has 0 saturated heterocycles. The summed E-state index contributed by atoms with van der Waals surface area (Å²) >= 11 is 0. The Kier molecular flexibility index (Phi) is 13.5. The van der Waals surface area contributed by atoms with Crippen LogP contribution in [0.5, 0.6) is 0 Å². The van der Waals surface area contributed by atoms with Gasteiger partial charge >= 0.3 is 51.5 Å². The van der Waals surface area contributed by atoms with Gasteiger partial charge in [0.1, 0.15) is 0 Å². The summed E-state index contributed by atoms with van der Waals surface area (Å²) in [6.07, 6.45) is 4.55. The van der Waals surface area contributed by atoms with Gasteiger partial charge in [-0.25, -0.2) is 0 Å². The summed E-state index contributed by atoms with van der Waals surface area (Å²) in [6.45, 7) is 2.11. The molecule has 0 aromatic carbocycles. The van der Waals surface area contributed by atoms with E-state index >= 15 is 0 Å². The monoisotopic (exact) mass is 220 g/mol. The van der Waals surface area contributed by atoms with Crippen molar-refractivity contribution in [1.29, 1.82) is 0 Å². The van der Waals surface area contributed by atoms with E-state index in [1.807, 2.05) is 0 Å². The SMILES string of the molecule is CCCCCCC(=O)O.[H-].[H-].[Sr+2]. The van der Waals surface area contributed by atoms with Crippen molar-refractivity contribution in [1.82, 2.24) is 0 Å². The van der Waals surface area contributed by atoms with Gasteiger partial charge in [-0.05, 0) is 6.42 Å². The summed E-state index contributed by atoms with van der Waals surface area (Å²) in [5, 5.41) is 8.21. The summed E-state index contributed by atoms with van der Waals surface area (Å²) in [7, 11) is 0. The summed E-state index contributed by atoms with van der Waals surface area (Å²) in [5.41, 5.74) is 0. The molecule has 0 atom stereocenters. The van der Waals surface area contributed by atoms with Crippen LogP contribution in [0.2, 0.25) is 0 Å². The van der Waals surface area contributed by atoms with Gasteiger partial charge in [0.05, 0.1) is 0 Å². The van der Waals surface area contributed by atoms with Crippen molar-refractivity contribution in [3.63, 3.8) is 0 Å². The molecule has 0 rings (SSSR count). The summed E-state index contributed by atoms with van der Waals surface area (Å²) in [4.78, 5) is 9.96. The van der Waals surface area contributed by atoms with Gasteiger partial charge in [0.25, 0.3) is 0 Å². The zero-order chi connectivity index (χ0) is 7.11. The Balaban J connectivity index is -0.000000107. The molecule has 58 valence electrons. The van der Waals surface area contributed by atoms with Crippen LogP contribution in [0.15, 0.2) is 0 Å². The zero-order valence-electron chi connectivity index (χ0n) is 8.60. The van der Waals surface area contributed by atoms with E-state index in [9.17, 15) is 4.79 Å². The van der Waals surface area contributed by atoms with Crippen molar-refractivity contribution in [3.8, 4) is 0 Å². The van der Waals surface area contributed by atoms with E-state index < -0.39 is 5.97 Å². The van der Waals surface area contributed by atoms with Crippen LogP contribution in [-0.4, -0.2) is 56.6 Å². The second-order valence-electron chi connectivity index (χ2n) is 2.20. The summed E-state index contributed by atoms with van der Waals surface area (Å²) < 4.78 is 0. The molecule has 0 aliphatic heterocycles. The van der Waals surface area contributed by atoms with E-state index in [2.05, 4.69) is 6.92 Å². The van der Waals surface area contributed by atoms with Crippen LogP contribution in [-0.2, 0) is 4.79 Å². The molecule has 0 aromatic heterocycles. The number of carboxylic acid groups (broad SMARTS) is 1. The Morgan fingerprint density at radius 2 is 2.00 bits per heavy atom. The molecule has 10 heavy (non-hydrogen) atoms. The molecule has 0 radical (unpaired) electrons.